The van der Waals surface area contributed by atoms with Gasteiger partial charge in [-0.15, -0.1) is 0 Å². The van der Waals surface area contributed by atoms with Crippen molar-refractivity contribution in [3.8, 4) is 0 Å². The number of piperidine rings is 1. The van der Waals surface area contributed by atoms with Gasteiger partial charge in [0.25, 0.3) is 0 Å². The quantitative estimate of drug-likeness (QED) is 0.854. The average Bonchev–Trinajstić information content (AvgIpc) is 2.39. The van der Waals surface area contributed by atoms with Crippen molar-refractivity contribution in [3.63, 3.8) is 0 Å². The van der Waals surface area contributed by atoms with Crippen LogP contribution >= 0.6 is 0 Å². The van der Waals surface area contributed by atoms with Crippen LogP contribution in [0.15, 0.2) is 28.2 Å². The fraction of sp³-hybridized carbons (Fsp3) is 0.583. The summed E-state index contributed by atoms with van der Waals surface area (Å²) in [7, 11) is 0.323. The molecule has 0 radical (unpaired) electrons. The van der Waals surface area contributed by atoms with E-state index in [-0.39, 0.29) is 4.90 Å². The van der Waals surface area contributed by atoms with Crippen molar-refractivity contribution in [3.05, 3.63) is 28.7 Å². The van der Waals surface area contributed by atoms with Gasteiger partial charge < -0.3 is 9.88 Å². The molecular formula is C12H19N3O3S. The second-order valence-corrected chi connectivity index (χ2v) is 6.88. The van der Waals surface area contributed by atoms with E-state index in [1.807, 2.05) is 14.1 Å². The predicted molar refractivity (Wildman–Crippen MR) is 72.5 cm³/mol. The lowest BCUT2D eigenvalue weighted by Crippen LogP contribution is -2.45. The summed E-state index contributed by atoms with van der Waals surface area (Å²) in [4.78, 5) is 16.2. The fourth-order valence-corrected chi connectivity index (χ4v) is 3.85. The van der Waals surface area contributed by atoms with Crippen molar-refractivity contribution < 1.29 is 8.42 Å². The topological polar surface area (TPSA) is 73.5 Å². The summed E-state index contributed by atoms with van der Waals surface area (Å²) in [6.07, 6.45) is 4.27. The molecule has 1 aromatic heterocycles. The van der Waals surface area contributed by atoms with Crippen LogP contribution < -0.4 is 5.43 Å². The second kappa shape index (κ2) is 5.44. The highest BCUT2D eigenvalue weighted by Crippen LogP contribution is 2.20. The number of aromatic amines is 1. The number of H-pyrrole nitrogens is 1. The maximum Gasteiger partial charge on any atom is 0.248 e. The second-order valence-electron chi connectivity index (χ2n) is 4.97. The lowest BCUT2D eigenvalue weighted by Gasteiger charge is -2.34. The predicted octanol–water partition coefficient (Wildman–Crippen LogP) is 0.0896. The van der Waals surface area contributed by atoms with E-state index >= 15 is 0 Å². The highest BCUT2D eigenvalue weighted by atomic mass is 32.2. The Hall–Kier alpha value is -1.18. The molecule has 1 aliphatic rings. The van der Waals surface area contributed by atoms with Gasteiger partial charge in [-0.05, 0) is 26.9 Å². The van der Waals surface area contributed by atoms with Crippen LogP contribution in [0.5, 0.6) is 0 Å². The third-order valence-electron chi connectivity index (χ3n) is 3.56. The molecule has 106 valence electrons. The Kier molecular flexibility index (Phi) is 4.07. The van der Waals surface area contributed by atoms with E-state index in [4.69, 9.17) is 0 Å². The summed E-state index contributed by atoms with van der Waals surface area (Å²) in [5, 5.41) is 0. The van der Waals surface area contributed by atoms with Crippen molar-refractivity contribution in [1.29, 1.82) is 0 Å². The number of hydrogen-bond donors (Lipinski definition) is 1. The molecule has 0 atom stereocenters. The van der Waals surface area contributed by atoms with E-state index in [0.717, 1.165) is 12.8 Å². The minimum absolute atomic E-state index is 0.168. The van der Waals surface area contributed by atoms with Crippen molar-refractivity contribution in [2.75, 3.05) is 27.2 Å². The molecule has 1 saturated heterocycles. The van der Waals surface area contributed by atoms with Crippen LogP contribution in [0.2, 0.25) is 0 Å². The van der Waals surface area contributed by atoms with E-state index in [0.29, 0.717) is 19.1 Å². The van der Waals surface area contributed by atoms with Crippen molar-refractivity contribution in [2.45, 2.75) is 23.8 Å². The van der Waals surface area contributed by atoms with Crippen LogP contribution in [0.4, 0.5) is 0 Å². The third kappa shape index (κ3) is 2.88. The van der Waals surface area contributed by atoms with Gasteiger partial charge in [-0.25, -0.2) is 8.42 Å². The van der Waals surface area contributed by atoms with Gasteiger partial charge in [0.2, 0.25) is 15.5 Å². The van der Waals surface area contributed by atoms with E-state index in [1.54, 1.807) is 0 Å². The van der Waals surface area contributed by atoms with Crippen molar-refractivity contribution >= 4 is 10.0 Å². The molecule has 6 nitrogen and oxygen atoms in total. The number of sulfonamides is 1. The van der Waals surface area contributed by atoms with Gasteiger partial charge in [-0.2, -0.15) is 4.31 Å². The molecule has 0 aromatic carbocycles. The first-order chi connectivity index (χ1) is 8.93. The molecule has 0 bridgehead atoms. The van der Waals surface area contributed by atoms with E-state index in [9.17, 15) is 13.2 Å². The Morgan fingerprint density at radius 1 is 1.32 bits per heavy atom. The largest absolute Gasteiger partial charge is 0.366 e. The average molecular weight is 285 g/mol. The standard InChI is InChI=1S/C12H19N3O3S/c1-14(2)10-4-7-15(8-5-10)19(17,18)12-9-13-6-3-11(12)16/h3,6,9-10H,4-5,7-8H2,1-2H3,(H,13,16). The lowest BCUT2D eigenvalue weighted by molar-refractivity contribution is 0.196. The Morgan fingerprint density at radius 3 is 2.47 bits per heavy atom. The van der Waals surface area contributed by atoms with Gasteiger partial charge in [-0.1, -0.05) is 0 Å². The zero-order valence-corrected chi connectivity index (χ0v) is 12.0. The fourth-order valence-electron chi connectivity index (χ4n) is 2.34. The SMILES string of the molecule is CN(C)C1CCN(S(=O)(=O)c2c[nH]ccc2=O)CC1. The normalized spacial score (nSPS) is 18.9. The molecule has 2 heterocycles. The first kappa shape index (κ1) is 14.2. The summed E-state index contributed by atoms with van der Waals surface area (Å²) in [6, 6.07) is 1.64. The first-order valence-corrected chi connectivity index (χ1v) is 7.70. The summed E-state index contributed by atoms with van der Waals surface area (Å²) in [5.74, 6) is 0. The zero-order chi connectivity index (χ0) is 14.0. The molecule has 0 spiro atoms. The van der Waals surface area contributed by atoms with Crippen LogP contribution in [0, 0.1) is 0 Å². The molecule has 0 amide bonds. The molecule has 0 unspecified atom stereocenters. The molecule has 1 N–H and O–H groups in total. The van der Waals surface area contributed by atoms with E-state index in [1.165, 1.54) is 22.8 Å². The molecule has 1 aliphatic heterocycles. The number of aromatic nitrogens is 1. The van der Waals surface area contributed by atoms with Gasteiger partial charge in [0.05, 0.1) is 0 Å². The van der Waals surface area contributed by atoms with Crippen molar-refractivity contribution in [1.82, 2.24) is 14.2 Å². The highest BCUT2D eigenvalue weighted by Gasteiger charge is 2.31. The Bertz CT molecular complexity index is 586. The number of nitrogens with one attached hydrogen (secondary N) is 1. The van der Waals surface area contributed by atoms with Gasteiger partial charge >= 0.3 is 0 Å². The van der Waals surface area contributed by atoms with Crippen LogP contribution in [0.1, 0.15) is 12.8 Å². The summed E-state index contributed by atoms with van der Waals surface area (Å²) in [5.41, 5.74) is -0.464. The first-order valence-electron chi connectivity index (χ1n) is 6.26. The molecule has 7 heteroatoms. The molecule has 0 saturated carbocycles. The van der Waals surface area contributed by atoms with Gasteiger partial charge in [0.15, 0.2) is 0 Å². The van der Waals surface area contributed by atoms with Crippen LogP contribution in [0.3, 0.4) is 0 Å². The Morgan fingerprint density at radius 2 is 1.95 bits per heavy atom. The number of pyridine rings is 1. The monoisotopic (exact) mass is 285 g/mol. The van der Waals surface area contributed by atoms with Crippen LogP contribution in [-0.4, -0.2) is 55.8 Å². The lowest BCUT2D eigenvalue weighted by atomic mass is 10.1. The molecule has 2 rings (SSSR count). The maximum atomic E-state index is 12.4. The number of hydrogen-bond acceptors (Lipinski definition) is 4. The zero-order valence-electron chi connectivity index (χ0n) is 11.2. The molecule has 0 aliphatic carbocycles. The maximum absolute atomic E-state index is 12.4. The summed E-state index contributed by atoms with van der Waals surface area (Å²) < 4.78 is 26.2. The summed E-state index contributed by atoms with van der Waals surface area (Å²) in [6.45, 7) is 0.916. The molecule has 1 fully saturated rings. The van der Waals surface area contributed by atoms with Crippen molar-refractivity contribution in [2.24, 2.45) is 0 Å². The molecular weight excluding hydrogens is 266 g/mol. The Balaban J connectivity index is 2.19. The Labute approximate surface area is 113 Å². The summed E-state index contributed by atoms with van der Waals surface area (Å²) >= 11 is 0. The van der Waals surface area contributed by atoms with Gasteiger partial charge in [0.1, 0.15) is 4.90 Å². The number of rotatable bonds is 3. The third-order valence-corrected chi connectivity index (χ3v) is 5.48. The van der Waals surface area contributed by atoms with E-state index < -0.39 is 15.5 Å². The minimum atomic E-state index is -3.67. The molecule has 1 aromatic rings. The van der Waals surface area contributed by atoms with Crippen LogP contribution in [0.25, 0.3) is 0 Å². The highest BCUT2D eigenvalue weighted by molar-refractivity contribution is 7.89. The van der Waals surface area contributed by atoms with Crippen LogP contribution in [-0.2, 0) is 10.0 Å². The number of nitrogens with zero attached hydrogens (tertiary/aromatic N) is 2. The smallest absolute Gasteiger partial charge is 0.248 e. The van der Waals surface area contributed by atoms with Gasteiger partial charge in [0, 0.05) is 37.6 Å². The van der Waals surface area contributed by atoms with E-state index in [2.05, 4.69) is 9.88 Å². The minimum Gasteiger partial charge on any atom is -0.366 e. The van der Waals surface area contributed by atoms with Gasteiger partial charge in [-0.3, -0.25) is 4.79 Å². The molecule has 19 heavy (non-hydrogen) atoms.